The van der Waals surface area contributed by atoms with Crippen LogP contribution in [0, 0.1) is 5.82 Å². The topological polar surface area (TPSA) is 15.8 Å². The Hall–Kier alpha value is -1.26. The fourth-order valence-electron chi connectivity index (χ4n) is 1.79. The van der Waals surface area contributed by atoms with E-state index >= 15 is 0 Å². The number of nitrogens with one attached hydrogen (secondary N) is 1. The SMILES string of the molecule is Fc1ccc2c(Sc3ccc(Br)cc3)c[nH]c2c1. The molecule has 18 heavy (non-hydrogen) atoms. The summed E-state index contributed by atoms with van der Waals surface area (Å²) in [6, 6.07) is 12.9. The average Bonchev–Trinajstić information content (AvgIpc) is 2.74. The fraction of sp³-hybridized carbons (Fsp3) is 0. The second kappa shape index (κ2) is 4.78. The number of halogens is 2. The van der Waals surface area contributed by atoms with Gasteiger partial charge in [0.15, 0.2) is 0 Å². The molecule has 0 saturated carbocycles. The maximum Gasteiger partial charge on any atom is 0.125 e. The normalized spacial score (nSPS) is 11.0. The maximum atomic E-state index is 13.1. The van der Waals surface area contributed by atoms with E-state index in [1.165, 1.54) is 12.1 Å². The highest BCUT2D eigenvalue weighted by Gasteiger charge is 2.06. The highest BCUT2D eigenvalue weighted by Crippen LogP contribution is 2.34. The van der Waals surface area contributed by atoms with Crippen molar-refractivity contribution in [2.75, 3.05) is 0 Å². The van der Waals surface area contributed by atoms with Gasteiger partial charge in [-0.3, -0.25) is 0 Å². The zero-order valence-corrected chi connectivity index (χ0v) is 11.7. The van der Waals surface area contributed by atoms with Crippen molar-refractivity contribution in [2.45, 2.75) is 9.79 Å². The van der Waals surface area contributed by atoms with Gasteiger partial charge in [-0.2, -0.15) is 0 Å². The Balaban J connectivity index is 1.97. The van der Waals surface area contributed by atoms with Crippen molar-refractivity contribution in [3.8, 4) is 0 Å². The van der Waals surface area contributed by atoms with E-state index in [-0.39, 0.29) is 5.82 Å². The van der Waals surface area contributed by atoms with Crippen LogP contribution in [-0.4, -0.2) is 4.98 Å². The zero-order valence-electron chi connectivity index (χ0n) is 9.28. The van der Waals surface area contributed by atoms with E-state index in [1.54, 1.807) is 11.8 Å². The summed E-state index contributed by atoms with van der Waals surface area (Å²) in [5.41, 5.74) is 0.828. The van der Waals surface area contributed by atoms with Crippen molar-refractivity contribution in [3.05, 3.63) is 59.0 Å². The number of hydrogen-bond donors (Lipinski definition) is 1. The zero-order chi connectivity index (χ0) is 12.5. The minimum absolute atomic E-state index is 0.218. The number of rotatable bonds is 2. The molecule has 0 saturated heterocycles. The van der Waals surface area contributed by atoms with E-state index in [1.807, 2.05) is 24.4 Å². The summed E-state index contributed by atoms with van der Waals surface area (Å²) < 4.78 is 14.1. The molecule has 90 valence electrons. The molecule has 1 aromatic heterocycles. The van der Waals surface area contributed by atoms with Crippen LogP contribution in [0.15, 0.2) is 62.9 Å². The molecule has 0 spiro atoms. The van der Waals surface area contributed by atoms with Crippen LogP contribution in [0.3, 0.4) is 0 Å². The van der Waals surface area contributed by atoms with E-state index in [2.05, 4.69) is 33.0 Å². The van der Waals surface area contributed by atoms with Crippen LogP contribution in [0.4, 0.5) is 4.39 Å². The number of fused-ring (bicyclic) bond motifs is 1. The monoisotopic (exact) mass is 321 g/mol. The molecule has 3 rings (SSSR count). The Morgan fingerprint density at radius 1 is 1.06 bits per heavy atom. The molecule has 0 unspecified atom stereocenters. The first kappa shape index (κ1) is 11.8. The molecule has 0 atom stereocenters. The summed E-state index contributed by atoms with van der Waals surface area (Å²) in [5, 5.41) is 1.05. The lowest BCUT2D eigenvalue weighted by Gasteiger charge is -2.00. The van der Waals surface area contributed by atoms with Gasteiger partial charge in [0.25, 0.3) is 0 Å². The summed E-state index contributed by atoms with van der Waals surface area (Å²) in [4.78, 5) is 5.35. The lowest BCUT2D eigenvalue weighted by Crippen LogP contribution is -1.74. The molecule has 0 fully saturated rings. The highest BCUT2D eigenvalue weighted by atomic mass is 79.9. The summed E-state index contributed by atoms with van der Waals surface area (Å²) in [5.74, 6) is -0.218. The van der Waals surface area contributed by atoms with Gasteiger partial charge in [0.05, 0.1) is 0 Å². The van der Waals surface area contributed by atoms with Gasteiger partial charge in [0.2, 0.25) is 0 Å². The fourth-order valence-corrected chi connectivity index (χ4v) is 2.98. The van der Waals surface area contributed by atoms with Gasteiger partial charge < -0.3 is 4.98 Å². The van der Waals surface area contributed by atoms with Gasteiger partial charge in [-0.15, -0.1) is 0 Å². The van der Waals surface area contributed by atoms with Gasteiger partial charge >= 0.3 is 0 Å². The maximum absolute atomic E-state index is 13.1. The van der Waals surface area contributed by atoms with Crippen LogP contribution in [0.2, 0.25) is 0 Å². The Labute approximate surface area is 117 Å². The van der Waals surface area contributed by atoms with Crippen LogP contribution >= 0.6 is 27.7 Å². The first-order chi connectivity index (χ1) is 8.72. The van der Waals surface area contributed by atoms with Crippen molar-refractivity contribution in [2.24, 2.45) is 0 Å². The first-order valence-corrected chi connectivity index (χ1v) is 7.03. The van der Waals surface area contributed by atoms with Crippen LogP contribution in [0.25, 0.3) is 10.9 Å². The molecule has 0 bridgehead atoms. The molecule has 3 aromatic rings. The smallest absolute Gasteiger partial charge is 0.125 e. The summed E-state index contributed by atoms with van der Waals surface area (Å²) >= 11 is 5.08. The predicted molar refractivity (Wildman–Crippen MR) is 76.5 cm³/mol. The molecule has 0 aliphatic heterocycles. The quantitative estimate of drug-likeness (QED) is 0.684. The van der Waals surface area contributed by atoms with E-state index in [0.717, 1.165) is 25.2 Å². The largest absolute Gasteiger partial charge is 0.360 e. The first-order valence-electron chi connectivity index (χ1n) is 5.42. The Kier molecular flexibility index (Phi) is 3.14. The Bertz CT molecular complexity index is 691. The number of aromatic amines is 1. The molecule has 1 N–H and O–H groups in total. The van der Waals surface area contributed by atoms with Crippen LogP contribution in [-0.2, 0) is 0 Å². The van der Waals surface area contributed by atoms with Crippen LogP contribution in [0.1, 0.15) is 0 Å². The lowest BCUT2D eigenvalue weighted by atomic mass is 10.2. The van der Waals surface area contributed by atoms with Gasteiger partial charge in [-0.25, -0.2) is 4.39 Å². The van der Waals surface area contributed by atoms with E-state index in [4.69, 9.17) is 0 Å². The molecular formula is C14H9BrFNS. The number of benzene rings is 2. The van der Waals surface area contributed by atoms with Crippen molar-refractivity contribution in [1.29, 1.82) is 0 Å². The minimum Gasteiger partial charge on any atom is -0.360 e. The second-order valence-corrected chi connectivity index (χ2v) is 5.93. The molecule has 0 aliphatic rings. The van der Waals surface area contributed by atoms with Gasteiger partial charge in [-0.1, -0.05) is 27.7 Å². The standard InChI is InChI=1S/C14H9BrFNS/c15-9-1-4-11(5-2-9)18-14-8-17-13-7-10(16)3-6-12(13)14/h1-8,17H. The predicted octanol–water partition coefficient (Wildman–Crippen LogP) is 5.22. The van der Waals surface area contributed by atoms with Gasteiger partial charge in [-0.05, 0) is 42.5 Å². The van der Waals surface area contributed by atoms with Crippen molar-refractivity contribution >= 4 is 38.6 Å². The lowest BCUT2D eigenvalue weighted by molar-refractivity contribution is 0.629. The third-order valence-electron chi connectivity index (χ3n) is 2.65. The number of aromatic nitrogens is 1. The van der Waals surface area contributed by atoms with Crippen molar-refractivity contribution in [1.82, 2.24) is 4.98 Å². The third kappa shape index (κ3) is 2.31. The van der Waals surface area contributed by atoms with Gasteiger partial charge in [0.1, 0.15) is 5.82 Å². The number of H-pyrrole nitrogens is 1. The number of hydrogen-bond acceptors (Lipinski definition) is 1. The molecule has 1 nitrogen and oxygen atoms in total. The second-order valence-electron chi connectivity index (χ2n) is 3.90. The summed E-state index contributed by atoms with van der Waals surface area (Å²) in [7, 11) is 0. The third-order valence-corrected chi connectivity index (χ3v) is 4.24. The molecule has 0 aliphatic carbocycles. The van der Waals surface area contributed by atoms with Crippen LogP contribution in [0.5, 0.6) is 0 Å². The van der Waals surface area contributed by atoms with Crippen molar-refractivity contribution < 1.29 is 4.39 Å². The van der Waals surface area contributed by atoms with E-state index in [9.17, 15) is 4.39 Å². The Morgan fingerprint density at radius 3 is 2.61 bits per heavy atom. The molecule has 1 heterocycles. The average molecular weight is 322 g/mol. The summed E-state index contributed by atoms with van der Waals surface area (Å²) in [6.07, 6.45) is 1.91. The van der Waals surface area contributed by atoms with Crippen LogP contribution < -0.4 is 0 Å². The van der Waals surface area contributed by atoms with E-state index < -0.39 is 0 Å². The van der Waals surface area contributed by atoms with E-state index in [0.29, 0.717) is 0 Å². The van der Waals surface area contributed by atoms with Gasteiger partial charge in [0, 0.05) is 31.4 Å². The highest BCUT2D eigenvalue weighted by molar-refractivity contribution is 9.10. The molecule has 0 amide bonds. The minimum atomic E-state index is -0.218. The summed E-state index contributed by atoms with van der Waals surface area (Å²) in [6.45, 7) is 0. The molecular weight excluding hydrogens is 313 g/mol. The Morgan fingerprint density at radius 2 is 1.83 bits per heavy atom. The van der Waals surface area contributed by atoms with Crippen molar-refractivity contribution in [3.63, 3.8) is 0 Å². The molecule has 4 heteroatoms. The molecule has 2 aromatic carbocycles. The molecule has 0 radical (unpaired) electrons.